The molecule has 0 aliphatic rings. The van der Waals surface area contributed by atoms with E-state index in [9.17, 15) is 19.7 Å². The maximum Gasteiger partial charge on any atom is 0.329 e. The van der Waals surface area contributed by atoms with Gasteiger partial charge in [-0.2, -0.15) is 5.10 Å². The quantitative estimate of drug-likeness (QED) is 0.343. The van der Waals surface area contributed by atoms with Crippen LogP contribution in [0.4, 0.5) is 11.4 Å². The number of nitrogens with zero attached hydrogens (tertiary/aromatic N) is 2. The van der Waals surface area contributed by atoms with Crippen LogP contribution >= 0.6 is 34.8 Å². The number of amides is 2. The van der Waals surface area contributed by atoms with Crippen LogP contribution in [0.2, 0.25) is 15.1 Å². The molecule has 2 rings (SSSR count). The normalized spacial score (nSPS) is 10.6. The second-order valence-corrected chi connectivity index (χ2v) is 6.00. The number of halogens is 3. The highest BCUT2D eigenvalue weighted by atomic mass is 35.5. The molecule has 0 saturated heterocycles. The van der Waals surface area contributed by atoms with Crippen LogP contribution in [-0.2, 0) is 9.59 Å². The first-order valence-electron chi connectivity index (χ1n) is 6.81. The van der Waals surface area contributed by atoms with Gasteiger partial charge in [0.05, 0.1) is 21.8 Å². The van der Waals surface area contributed by atoms with Crippen molar-refractivity contribution < 1.29 is 14.5 Å². The number of carbonyl (C=O) groups is 2. The lowest BCUT2D eigenvalue weighted by molar-refractivity contribution is -0.384. The van der Waals surface area contributed by atoms with Crippen LogP contribution in [-0.4, -0.2) is 23.0 Å². The Labute approximate surface area is 161 Å². The van der Waals surface area contributed by atoms with Gasteiger partial charge in [0, 0.05) is 16.7 Å². The Bertz CT molecular complexity index is 918. The Kier molecular flexibility index (Phi) is 6.51. The van der Waals surface area contributed by atoms with E-state index >= 15 is 0 Å². The summed E-state index contributed by atoms with van der Waals surface area (Å²) in [6.07, 6.45) is 1.13. The molecule has 2 aromatic carbocycles. The van der Waals surface area contributed by atoms with E-state index in [0.717, 1.165) is 6.21 Å². The topological polar surface area (TPSA) is 114 Å². The van der Waals surface area contributed by atoms with Crippen molar-refractivity contribution in [1.82, 2.24) is 5.43 Å². The highest BCUT2D eigenvalue weighted by Gasteiger charge is 2.15. The molecule has 26 heavy (non-hydrogen) atoms. The number of nitro groups is 1. The van der Waals surface area contributed by atoms with Crippen molar-refractivity contribution in [1.29, 1.82) is 0 Å². The number of nitro benzene ring substituents is 1. The molecule has 0 radical (unpaired) electrons. The standard InChI is InChI=1S/C15H9Cl3N4O4/c16-9-2-4-10(17)12(6-9)20-14(23)15(24)21-19-7-8-1-3-11(18)13(5-8)22(25)26/h1-7H,(H,20,23)(H,21,24)/b19-7+. The smallest absolute Gasteiger partial charge is 0.316 e. The number of hydrogen-bond acceptors (Lipinski definition) is 5. The number of carbonyl (C=O) groups excluding carboxylic acids is 2. The van der Waals surface area contributed by atoms with E-state index in [1.807, 2.05) is 5.43 Å². The molecule has 0 fully saturated rings. The fraction of sp³-hybridized carbons (Fsp3) is 0. The van der Waals surface area contributed by atoms with Crippen LogP contribution < -0.4 is 10.7 Å². The minimum Gasteiger partial charge on any atom is -0.316 e. The number of rotatable bonds is 4. The molecule has 0 spiro atoms. The Morgan fingerprint density at radius 2 is 1.73 bits per heavy atom. The summed E-state index contributed by atoms with van der Waals surface area (Å²) in [6.45, 7) is 0. The van der Waals surface area contributed by atoms with Gasteiger partial charge in [-0.1, -0.05) is 40.9 Å². The van der Waals surface area contributed by atoms with Gasteiger partial charge < -0.3 is 5.32 Å². The lowest BCUT2D eigenvalue weighted by Gasteiger charge is -2.06. The third kappa shape index (κ3) is 5.16. The molecule has 11 heteroatoms. The minimum atomic E-state index is -1.07. The second-order valence-electron chi connectivity index (χ2n) is 4.75. The van der Waals surface area contributed by atoms with E-state index in [4.69, 9.17) is 34.8 Å². The molecule has 0 heterocycles. The molecule has 2 amide bonds. The van der Waals surface area contributed by atoms with Crippen LogP contribution in [0, 0.1) is 10.1 Å². The SMILES string of the molecule is O=C(N/N=C/c1ccc(Cl)c([N+](=O)[O-])c1)C(=O)Nc1cc(Cl)ccc1Cl. The Morgan fingerprint density at radius 1 is 1.04 bits per heavy atom. The first-order valence-corrected chi connectivity index (χ1v) is 7.94. The lowest BCUT2D eigenvalue weighted by atomic mass is 10.2. The van der Waals surface area contributed by atoms with Gasteiger partial charge in [0.1, 0.15) is 5.02 Å². The van der Waals surface area contributed by atoms with E-state index in [-0.39, 0.29) is 21.4 Å². The van der Waals surface area contributed by atoms with Gasteiger partial charge in [-0.15, -0.1) is 0 Å². The zero-order chi connectivity index (χ0) is 19.3. The van der Waals surface area contributed by atoms with Gasteiger partial charge >= 0.3 is 11.8 Å². The van der Waals surface area contributed by atoms with Crippen LogP contribution in [0.5, 0.6) is 0 Å². The maximum atomic E-state index is 11.8. The number of nitrogens with one attached hydrogen (secondary N) is 2. The molecular formula is C15H9Cl3N4O4. The van der Waals surface area contributed by atoms with Crippen LogP contribution in [0.25, 0.3) is 0 Å². The Balaban J connectivity index is 2.00. The largest absolute Gasteiger partial charge is 0.329 e. The van der Waals surface area contributed by atoms with Crippen LogP contribution in [0.1, 0.15) is 5.56 Å². The van der Waals surface area contributed by atoms with Crippen molar-refractivity contribution in [2.45, 2.75) is 0 Å². The summed E-state index contributed by atoms with van der Waals surface area (Å²) in [7, 11) is 0. The summed E-state index contributed by atoms with van der Waals surface area (Å²) in [5.41, 5.74) is 2.15. The maximum absolute atomic E-state index is 11.8. The molecule has 134 valence electrons. The molecule has 0 bridgehead atoms. The van der Waals surface area contributed by atoms with E-state index in [1.54, 1.807) is 0 Å². The predicted octanol–water partition coefficient (Wildman–Crippen LogP) is 3.64. The first kappa shape index (κ1) is 19.6. The summed E-state index contributed by atoms with van der Waals surface area (Å²) in [4.78, 5) is 33.7. The number of hydrazone groups is 1. The van der Waals surface area contributed by atoms with Crippen molar-refractivity contribution in [2.24, 2.45) is 5.10 Å². The van der Waals surface area contributed by atoms with Crippen LogP contribution in [0.15, 0.2) is 41.5 Å². The average molecular weight is 416 g/mol. The molecular weight excluding hydrogens is 407 g/mol. The molecule has 0 unspecified atom stereocenters. The molecule has 8 nitrogen and oxygen atoms in total. The van der Waals surface area contributed by atoms with Crippen molar-refractivity contribution in [3.63, 3.8) is 0 Å². The van der Waals surface area contributed by atoms with E-state index in [0.29, 0.717) is 10.6 Å². The minimum absolute atomic E-state index is 0.0334. The summed E-state index contributed by atoms with van der Waals surface area (Å²) in [6, 6.07) is 8.31. The first-order chi connectivity index (χ1) is 12.3. The summed E-state index contributed by atoms with van der Waals surface area (Å²) < 4.78 is 0. The van der Waals surface area contributed by atoms with E-state index in [2.05, 4.69) is 10.4 Å². The predicted molar refractivity (Wildman–Crippen MR) is 98.9 cm³/mol. The van der Waals surface area contributed by atoms with Crippen molar-refractivity contribution in [3.05, 3.63) is 67.1 Å². The highest BCUT2D eigenvalue weighted by molar-refractivity contribution is 6.42. The zero-order valence-electron chi connectivity index (χ0n) is 12.7. The van der Waals surface area contributed by atoms with Gasteiger partial charge in [-0.05, 0) is 24.3 Å². The number of hydrogen-bond donors (Lipinski definition) is 2. The molecule has 0 saturated carbocycles. The fourth-order valence-electron chi connectivity index (χ4n) is 1.74. The van der Waals surface area contributed by atoms with Gasteiger partial charge in [-0.3, -0.25) is 19.7 Å². The Hall–Kier alpha value is -2.68. The monoisotopic (exact) mass is 414 g/mol. The Morgan fingerprint density at radius 3 is 2.42 bits per heavy atom. The fourth-order valence-corrected chi connectivity index (χ4v) is 2.26. The van der Waals surface area contributed by atoms with Crippen molar-refractivity contribution in [3.8, 4) is 0 Å². The number of anilines is 1. The molecule has 2 N–H and O–H groups in total. The van der Waals surface area contributed by atoms with Crippen molar-refractivity contribution in [2.75, 3.05) is 5.32 Å². The van der Waals surface area contributed by atoms with E-state index < -0.39 is 16.7 Å². The third-order valence-electron chi connectivity index (χ3n) is 2.93. The molecule has 0 aliphatic carbocycles. The van der Waals surface area contributed by atoms with Gasteiger partial charge in [0.15, 0.2) is 0 Å². The van der Waals surface area contributed by atoms with Gasteiger partial charge in [0.2, 0.25) is 0 Å². The summed E-state index contributed by atoms with van der Waals surface area (Å²) >= 11 is 17.4. The molecule has 2 aromatic rings. The summed E-state index contributed by atoms with van der Waals surface area (Å²) in [5.74, 6) is -2.09. The van der Waals surface area contributed by atoms with E-state index in [1.165, 1.54) is 36.4 Å². The third-order valence-corrected chi connectivity index (χ3v) is 3.81. The lowest BCUT2D eigenvalue weighted by Crippen LogP contribution is -2.32. The van der Waals surface area contributed by atoms with Gasteiger partial charge in [-0.25, -0.2) is 5.43 Å². The second kappa shape index (κ2) is 8.61. The molecule has 0 aromatic heterocycles. The summed E-state index contributed by atoms with van der Waals surface area (Å²) in [5, 5.41) is 17.1. The average Bonchev–Trinajstić information content (AvgIpc) is 2.59. The highest BCUT2D eigenvalue weighted by Crippen LogP contribution is 2.25. The van der Waals surface area contributed by atoms with Crippen molar-refractivity contribution >= 4 is 64.2 Å². The molecule has 0 atom stereocenters. The molecule has 0 aliphatic heterocycles. The van der Waals surface area contributed by atoms with Gasteiger partial charge in [0.25, 0.3) is 5.69 Å². The van der Waals surface area contributed by atoms with Crippen LogP contribution in [0.3, 0.4) is 0 Å². The number of benzene rings is 2. The zero-order valence-corrected chi connectivity index (χ0v) is 15.0.